The van der Waals surface area contributed by atoms with Gasteiger partial charge in [-0.1, -0.05) is 187 Å². The Labute approximate surface area is 415 Å². The van der Waals surface area contributed by atoms with Crippen molar-refractivity contribution in [2.45, 2.75) is 0 Å². The Hall–Kier alpha value is -8.20. The van der Waals surface area contributed by atoms with Gasteiger partial charge in [-0.15, -0.1) is 0 Å². The molecule has 0 saturated heterocycles. The summed E-state index contributed by atoms with van der Waals surface area (Å²) in [6.45, 7) is 0. The number of nitrogens with zero attached hydrogens (tertiary/aromatic N) is 1. The highest BCUT2D eigenvalue weighted by molar-refractivity contribution is 6.13. The van der Waals surface area contributed by atoms with E-state index in [0.717, 1.165) is 0 Å². The minimum atomic E-state index is -1.44. The van der Waals surface area contributed by atoms with Crippen LogP contribution in [-0.2, 0) is 0 Å². The van der Waals surface area contributed by atoms with Crippen molar-refractivity contribution in [2.24, 2.45) is 0 Å². The van der Waals surface area contributed by atoms with Crippen molar-refractivity contribution in [1.29, 1.82) is 0 Å². The van der Waals surface area contributed by atoms with Gasteiger partial charge in [-0.2, -0.15) is 0 Å². The molecule has 0 aliphatic carbocycles. The fourth-order valence-electron chi connectivity index (χ4n) is 6.70. The maximum absolute atomic E-state index is 9.84. The van der Waals surface area contributed by atoms with Gasteiger partial charge in [0.05, 0.1) is 53.5 Å². The van der Waals surface area contributed by atoms with Gasteiger partial charge in [-0.25, -0.2) is 0 Å². The van der Waals surface area contributed by atoms with E-state index in [2.05, 4.69) is 0 Å². The van der Waals surface area contributed by atoms with E-state index < -0.39 is 351 Å². The van der Waals surface area contributed by atoms with E-state index in [0.29, 0.717) is 0 Å². The summed E-state index contributed by atoms with van der Waals surface area (Å²) in [5.41, 5.74) is -12.9. The second-order valence-corrected chi connectivity index (χ2v) is 13.0. The third kappa shape index (κ3) is 6.12. The quantitative estimate of drug-likeness (QED) is 0.149. The zero-order chi connectivity index (χ0) is 74.9. The Morgan fingerprint density at radius 2 is 0.694 bits per heavy atom. The van der Waals surface area contributed by atoms with Crippen LogP contribution in [-0.4, -0.2) is 0 Å². The predicted octanol–water partition coefficient (Wildman–Crippen LogP) is 17.2. The molecule has 1 heterocycles. The zero-order valence-electron chi connectivity index (χ0n) is 69.9. The van der Waals surface area contributed by atoms with E-state index >= 15 is 0 Å². The lowest BCUT2D eigenvalue weighted by molar-refractivity contribution is 0.669. The first-order valence-electron chi connectivity index (χ1n) is 37.6. The van der Waals surface area contributed by atoms with E-state index in [1.165, 1.54) is 0 Å². The summed E-state index contributed by atoms with van der Waals surface area (Å²) in [5, 5.41) is -5.17. The molecule has 0 saturated carbocycles. The summed E-state index contributed by atoms with van der Waals surface area (Å²) >= 11 is 0. The van der Waals surface area contributed by atoms with Gasteiger partial charge in [0.2, 0.25) is 0 Å². The first-order chi connectivity index (χ1) is 47.0. The second kappa shape index (κ2) is 14.8. The SMILES string of the molecule is [2H]c1c([2H])c(-c2c([2H])c([2H])c([2H])c3c([2H])c([2H])c([2H])c([2H])c23)c([2H])c([2H])c1-c1c([2H])c([2H])c(N(c2c([2H])c([2H])c(-c3c([2H])c([2H])c([2H])c4c3c([2H])c([2H])c3c([2H])c([2H])c([2H])c([2H])c34)c([2H])c2[2H])c2c([2H])c([2H])c(-c3c([2H])c([2H])c([2H])c4oc5c([2H])c([2H])c([2H])c([2H])c5c34)c([2H])c2[2H])c([2H])c1[2H]. The Morgan fingerprint density at radius 3 is 1.37 bits per heavy atom. The number of rotatable bonds is 7. The molecule has 0 atom stereocenters. The highest BCUT2D eigenvalue weighted by Gasteiger charge is 2.17. The first-order valence-corrected chi connectivity index (χ1v) is 18.1. The number of hydrogen-bond donors (Lipinski definition) is 0. The third-order valence-corrected chi connectivity index (χ3v) is 9.52. The average molecular weight is 829 g/mol. The van der Waals surface area contributed by atoms with Gasteiger partial charge in [-0.3, -0.25) is 0 Å². The van der Waals surface area contributed by atoms with Crippen LogP contribution in [0.1, 0.15) is 53.5 Å². The van der Waals surface area contributed by atoms with Crippen molar-refractivity contribution in [3.63, 3.8) is 0 Å². The van der Waals surface area contributed by atoms with Crippen LogP contribution in [0.15, 0.2) is 240 Å². The van der Waals surface area contributed by atoms with Crippen molar-refractivity contribution in [3.05, 3.63) is 236 Å². The molecule has 0 N–H and O–H groups in total. The van der Waals surface area contributed by atoms with Crippen LogP contribution >= 0.6 is 0 Å². The fourth-order valence-corrected chi connectivity index (χ4v) is 6.70. The summed E-state index contributed by atoms with van der Waals surface area (Å²) in [4.78, 5) is 0.197. The molecular formula is C60H39NO. The van der Waals surface area contributed by atoms with Gasteiger partial charge in [0.15, 0.2) is 0 Å². The van der Waals surface area contributed by atoms with Gasteiger partial charge >= 0.3 is 0 Å². The van der Waals surface area contributed by atoms with Crippen LogP contribution < -0.4 is 4.90 Å². The minimum Gasteiger partial charge on any atom is -0.456 e. The fraction of sp³-hybridized carbons (Fsp3) is 0. The Bertz CT molecular complexity index is 5830. The number of anilines is 3. The maximum atomic E-state index is 9.84. The molecule has 0 radical (unpaired) electrons. The van der Waals surface area contributed by atoms with E-state index in [1.807, 2.05) is 0 Å². The molecule has 0 bridgehead atoms. The van der Waals surface area contributed by atoms with Crippen LogP contribution in [0.2, 0.25) is 0 Å². The maximum Gasteiger partial charge on any atom is 0.136 e. The van der Waals surface area contributed by atoms with Gasteiger partial charge in [0.25, 0.3) is 0 Å². The molecule has 0 fully saturated rings. The lowest BCUT2D eigenvalue weighted by Crippen LogP contribution is -2.09. The summed E-state index contributed by atoms with van der Waals surface area (Å²) in [7, 11) is 0. The zero-order valence-corrected chi connectivity index (χ0v) is 30.9. The normalized spacial score (nSPS) is 20.4. The van der Waals surface area contributed by atoms with Crippen LogP contribution in [0, 0.1) is 0 Å². The Balaban J connectivity index is 1.21. The van der Waals surface area contributed by atoms with Gasteiger partial charge in [0.1, 0.15) is 11.2 Å². The smallest absolute Gasteiger partial charge is 0.136 e. The highest BCUT2D eigenvalue weighted by Crippen LogP contribution is 2.41. The number of para-hydroxylation sites is 1. The third-order valence-electron chi connectivity index (χ3n) is 9.52. The first kappa shape index (κ1) is 13.9. The summed E-state index contributed by atoms with van der Waals surface area (Å²) < 4.78 is 361. The van der Waals surface area contributed by atoms with E-state index in [-0.39, 0.29) is 4.90 Å². The van der Waals surface area contributed by atoms with E-state index in [4.69, 9.17) is 31.8 Å². The van der Waals surface area contributed by atoms with Crippen molar-refractivity contribution in [1.82, 2.24) is 0 Å². The molecular weight excluding hydrogens is 751 g/mol. The molecule has 2 heteroatoms. The second-order valence-electron chi connectivity index (χ2n) is 13.0. The van der Waals surface area contributed by atoms with Crippen molar-refractivity contribution in [3.8, 4) is 44.5 Å². The molecule has 2 nitrogen and oxygen atoms in total. The molecule has 0 aliphatic heterocycles. The van der Waals surface area contributed by atoms with E-state index in [9.17, 15) is 26.0 Å². The van der Waals surface area contributed by atoms with Gasteiger partial charge < -0.3 is 9.32 Å². The lowest BCUT2D eigenvalue weighted by atomic mass is 9.94. The molecule has 290 valence electrons. The largest absolute Gasteiger partial charge is 0.456 e. The molecule has 0 amide bonds. The molecule has 62 heavy (non-hydrogen) atoms. The Morgan fingerprint density at radius 1 is 0.274 bits per heavy atom. The summed E-state index contributed by atoms with van der Waals surface area (Å²) in [6, 6.07) is -42.7. The summed E-state index contributed by atoms with van der Waals surface area (Å²) in [6.07, 6.45) is 0. The monoisotopic (exact) mass is 829 g/mol. The molecule has 12 aromatic rings. The van der Waals surface area contributed by atoms with Crippen LogP contribution in [0.5, 0.6) is 0 Å². The number of fused-ring (bicyclic) bond motifs is 7. The van der Waals surface area contributed by atoms with Crippen LogP contribution in [0.25, 0.3) is 98.8 Å². The lowest BCUT2D eigenvalue weighted by Gasteiger charge is -2.26. The average Bonchev–Trinajstić information content (AvgIpc) is 1.53. The van der Waals surface area contributed by atoms with Crippen molar-refractivity contribution in [2.75, 3.05) is 4.90 Å². The summed E-state index contributed by atoms with van der Waals surface area (Å²) in [5.74, 6) is 0. The Kier molecular flexibility index (Phi) is 3.33. The topological polar surface area (TPSA) is 16.4 Å². The van der Waals surface area contributed by atoms with Crippen molar-refractivity contribution < 1.29 is 57.9 Å². The van der Waals surface area contributed by atoms with Gasteiger partial charge in [-0.05, 0) is 125 Å². The number of hydrogen-bond acceptors (Lipinski definition) is 2. The van der Waals surface area contributed by atoms with Gasteiger partial charge in [0, 0.05) is 27.8 Å². The number of furan rings is 1. The molecule has 11 aromatic carbocycles. The van der Waals surface area contributed by atoms with Crippen molar-refractivity contribution >= 4 is 71.3 Å². The molecule has 0 unspecified atom stereocenters. The van der Waals surface area contributed by atoms with E-state index in [1.54, 1.807) is 0 Å². The highest BCUT2D eigenvalue weighted by atomic mass is 16.3. The van der Waals surface area contributed by atoms with Crippen LogP contribution in [0.3, 0.4) is 0 Å². The molecule has 1 aromatic heterocycles. The number of benzene rings is 11. The van der Waals surface area contributed by atoms with Crippen LogP contribution in [0.4, 0.5) is 17.1 Å². The molecule has 0 aliphatic rings. The predicted molar refractivity (Wildman–Crippen MR) is 263 cm³/mol. The standard InChI is InChI=1S/C60H39NO/c1-3-13-50-42(10-1)12-7-16-51(50)44-24-22-40(23-25-44)41-26-33-47(34-27-41)61(49-37-30-46(31-38-49)54-18-9-21-59-60(54)57-15-5-6-20-58(57)62-59)48-35-28-45(29-36-48)53-17-8-19-55-52-14-4-2-11-43(52)32-39-56(53)55/h1-39H/i1D,2D,3D,4D,5D,6D,7D,8D,9D,10D,11D,12D,13D,14D,15D,16D,17D,18D,19D,20D,21D,22D,23D,24D,25D,26D,27D,28D,29D,30D,31D,32D,33D,34D,35D,36D,37D,38D,39D. The molecule has 12 rings (SSSR count). The molecule has 0 spiro atoms. The minimum absolute atomic E-state index is 0.197.